The molecule has 2 aromatic carbocycles. The van der Waals surface area contributed by atoms with Crippen LogP contribution in [0.2, 0.25) is 0 Å². The predicted octanol–water partition coefficient (Wildman–Crippen LogP) is 5.42. The minimum Gasteiger partial charge on any atom is -0.464 e. The van der Waals surface area contributed by atoms with E-state index in [1.165, 1.54) is 13.2 Å². The summed E-state index contributed by atoms with van der Waals surface area (Å²) in [7, 11) is -2.80. The number of nitrogens with one attached hydrogen (secondary N) is 1. The Labute approximate surface area is 230 Å². The maximum Gasteiger partial charge on any atom is 0.421 e. The molecule has 39 heavy (non-hydrogen) atoms. The lowest BCUT2D eigenvalue weighted by Gasteiger charge is -2.16. The van der Waals surface area contributed by atoms with Gasteiger partial charge in [-0.05, 0) is 48.9 Å². The van der Waals surface area contributed by atoms with Crippen molar-refractivity contribution in [3.8, 4) is 11.1 Å². The molecular formula is C29H37N3O6S. The normalized spacial score (nSPS) is 11.3. The second kappa shape index (κ2) is 13.4. The highest BCUT2D eigenvalue weighted by Crippen LogP contribution is 2.30. The molecule has 0 fully saturated rings. The average molecular weight is 556 g/mol. The van der Waals surface area contributed by atoms with E-state index in [0.29, 0.717) is 41.9 Å². The lowest BCUT2D eigenvalue weighted by Crippen LogP contribution is -2.31. The molecule has 10 heteroatoms. The molecule has 0 bridgehead atoms. The highest BCUT2D eigenvalue weighted by Gasteiger charge is 2.24. The fraction of sp³-hybridized carbons (Fsp3) is 0.414. The minimum absolute atomic E-state index is 0.0231. The van der Waals surface area contributed by atoms with E-state index in [0.717, 1.165) is 36.2 Å². The second-order valence-electron chi connectivity index (χ2n) is 9.24. The number of unbranched alkanes of at least 4 members (excludes halogenated alkanes) is 1. The fourth-order valence-corrected chi connectivity index (χ4v) is 5.49. The van der Waals surface area contributed by atoms with Crippen molar-refractivity contribution in [2.45, 2.75) is 71.2 Å². The van der Waals surface area contributed by atoms with Crippen molar-refractivity contribution in [1.29, 1.82) is 0 Å². The maximum atomic E-state index is 13.1. The van der Waals surface area contributed by atoms with Crippen LogP contribution in [0.5, 0.6) is 0 Å². The van der Waals surface area contributed by atoms with Crippen LogP contribution < -0.4 is 4.72 Å². The van der Waals surface area contributed by atoms with Gasteiger partial charge in [0.2, 0.25) is 0 Å². The van der Waals surface area contributed by atoms with E-state index in [1.807, 2.05) is 48.3 Å². The molecule has 0 aliphatic heterocycles. The SMILES string of the molecule is CCCCOC(=O)NS(=O)(=O)c1ccccc1-c1ccc(Cn2c(CCC)nc(CC)c2C(=O)OC)c(C)c1. The third-order valence-electron chi connectivity index (χ3n) is 6.41. The molecule has 0 radical (unpaired) electrons. The summed E-state index contributed by atoms with van der Waals surface area (Å²) in [4.78, 5) is 29.4. The van der Waals surface area contributed by atoms with Crippen LogP contribution >= 0.6 is 0 Å². The van der Waals surface area contributed by atoms with Crippen LogP contribution in [0.1, 0.15) is 73.2 Å². The van der Waals surface area contributed by atoms with Crippen molar-refractivity contribution in [3.05, 3.63) is 70.8 Å². The summed E-state index contributed by atoms with van der Waals surface area (Å²) < 4.78 is 40.1. The van der Waals surface area contributed by atoms with Crippen molar-refractivity contribution < 1.29 is 27.5 Å². The van der Waals surface area contributed by atoms with E-state index < -0.39 is 22.1 Å². The number of hydrogen-bond acceptors (Lipinski definition) is 7. The Morgan fingerprint density at radius 1 is 1.05 bits per heavy atom. The number of carbonyl (C=O) groups excluding carboxylic acids is 2. The Hall–Kier alpha value is -3.66. The molecular weight excluding hydrogens is 518 g/mol. The molecule has 0 aliphatic rings. The summed E-state index contributed by atoms with van der Waals surface area (Å²) in [5.41, 5.74) is 4.17. The summed E-state index contributed by atoms with van der Waals surface area (Å²) >= 11 is 0. The molecule has 210 valence electrons. The number of methoxy groups -OCH3 is 1. The summed E-state index contributed by atoms with van der Waals surface area (Å²) in [6, 6.07) is 12.2. The molecule has 0 aliphatic carbocycles. The molecule has 1 amide bonds. The monoisotopic (exact) mass is 555 g/mol. The molecule has 1 aromatic heterocycles. The Morgan fingerprint density at radius 3 is 2.44 bits per heavy atom. The minimum atomic E-state index is -4.17. The number of ether oxygens (including phenoxy) is 2. The topological polar surface area (TPSA) is 117 Å². The van der Waals surface area contributed by atoms with E-state index in [-0.39, 0.29) is 11.5 Å². The largest absolute Gasteiger partial charge is 0.464 e. The van der Waals surface area contributed by atoms with E-state index in [4.69, 9.17) is 14.5 Å². The number of rotatable bonds is 12. The van der Waals surface area contributed by atoms with Crippen LogP contribution in [0, 0.1) is 6.92 Å². The Morgan fingerprint density at radius 2 is 1.79 bits per heavy atom. The molecule has 3 aromatic rings. The first-order valence-corrected chi connectivity index (χ1v) is 14.7. The summed E-state index contributed by atoms with van der Waals surface area (Å²) in [6.07, 6.45) is 2.68. The second-order valence-corrected chi connectivity index (χ2v) is 10.9. The lowest BCUT2D eigenvalue weighted by molar-refractivity contribution is 0.0587. The van der Waals surface area contributed by atoms with E-state index in [2.05, 4.69) is 6.92 Å². The van der Waals surface area contributed by atoms with E-state index in [1.54, 1.807) is 18.2 Å². The van der Waals surface area contributed by atoms with Crippen LogP contribution in [0.4, 0.5) is 4.79 Å². The Balaban J connectivity index is 1.96. The van der Waals surface area contributed by atoms with Crippen molar-refractivity contribution in [3.63, 3.8) is 0 Å². The Bertz CT molecular complexity index is 1430. The average Bonchev–Trinajstić information content (AvgIpc) is 3.26. The summed E-state index contributed by atoms with van der Waals surface area (Å²) in [5, 5.41) is 0. The molecule has 1 N–H and O–H groups in total. The first-order valence-electron chi connectivity index (χ1n) is 13.2. The van der Waals surface area contributed by atoms with Crippen molar-refractivity contribution in [2.75, 3.05) is 13.7 Å². The molecule has 3 rings (SSSR count). The number of benzene rings is 2. The van der Waals surface area contributed by atoms with Crippen molar-refractivity contribution in [2.24, 2.45) is 0 Å². The van der Waals surface area contributed by atoms with Crippen molar-refractivity contribution >= 4 is 22.1 Å². The number of carbonyl (C=O) groups is 2. The highest BCUT2D eigenvalue weighted by molar-refractivity contribution is 7.90. The third-order valence-corrected chi connectivity index (χ3v) is 7.78. The number of imidazole rings is 1. The number of hydrogen-bond donors (Lipinski definition) is 1. The van der Waals surface area contributed by atoms with Gasteiger partial charge in [-0.3, -0.25) is 0 Å². The third kappa shape index (κ3) is 7.06. The highest BCUT2D eigenvalue weighted by atomic mass is 32.2. The van der Waals surface area contributed by atoms with Gasteiger partial charge in [-0.1, -0.05) is 63.6 Å². The van der Waals surface area contributed by atoms with Crippen LogP contribution in [0.25, 0.3) is 11.1 Å². The van der Waals surface area contributed by atoms with Gasteiger partial charge in [0.25, 0.3) is 10.0 Å². The van der Waals surface area contributed by atoms with Crippen molar-refractivity contribution in [1.82, 2.24) is 14.3 Å². The smallest absolute Gasteiger partial charge is 0.421 e. The van der Waals surface area contributed by atoms with Gasteiger partial charge < -0.3 is 14.0 Å². The molecule has 0 saturated heterocycles. The summed E-state index contributed by atoms with van der Waals surface area (Å²) in [6.45, 7) is 8.47. The number of esters is 1. The Kier molecular flexibility index (Phi) is 10.3. The predicted molar refractivity (Wildman–Crippen MR) is 149 cm³/mol. The molecule has 9 nitrogen and oxygen atoms in total. The zero-order valence-electron chi connectivity index (χ0n) is 23.2. The van der Waals surface area contributed by atoms with Gasteiger partial charge in [0, 0.05) is 18.5 Å². The van der Waals surface area contributed by atoms with Gasteiger partial charge in [0.15, 0.2) is 5.69 Å². The maximum absolute atomic E-state index is 13.1. The van der Waals surface area contributed by atoms with Gasteiger partial charge in [-0.15, -0.1) is 0 Å². The zero-order chi connectivity index (χ0) is 28.6. The number of sulfonamides is 1. The van der Waals surface area contributed by atoms with E-state index in [9.17, 15) is 18.0 Å². The van der Waals surface area contributed by atoms with Crippen LogP contribution in [-0.2, 0) is 38.9 Å². The lowest BCUT2D eigenvalue weighted by atomic mass is 9.99. The number of amides is 1. The molecule has 0 atom stereocenters. The standard InChI is InChI=1S/C29H37N3O6S/c1-6-9-17-38-29(34)31-39(35,36)25-14-11-10-13-23(25)21-15-16-22(20(4)18-21)19-32-26(12-7-2)30-24(8-3)27(32)28(33)37-5/h10-11,13-16,18H,6-9,12,17,19H2,1-5H3,(H,31,34). The first kappa shape index (κ1) is 29.9. The fourth-order valence-electron chi connectivity index (χ4n) is 4.36. The van der Waals surface area contributed by atoms with Gasteiger partial charge in [-0.2, -0.15) is 0 Å². The van der Waals surface area contributed by atoms with Gasteiger partial charge in [0.05, 0.1) is 24.3 Å². The zero-order valence-corrected chi connectivity index (χ0v) is 24.1. The molecule has 0 spiro atoms. The van der Waals surface area contributed by atoms with Crippen LogP contribution in [0.15, 0.2) is 47.4 Å². The number of aryl methyl sites for hydroxylation is 3. The van der Waals surface area contributed by atoms with Gasteiger partial charge in [-0.25, -0.2) is 27.7 Å². The summed E-state index contributed by atoms with van der Waals surface area (Å²) in [5.74, 6) is 0.405. The number of aromatic nitrogens is 2. The van der Waals surface area contributed by atoms with E-state index >= 15 is 0 Å². The van der Waals surface area contributed by atoms with Gasteiger partial charge in [0.1, 0.15) is 5.82 Å². The van der Waals surface area contributed by atoms with Gasteiger partial charge >= 0.3 is 12.1 Å². The quantitative estimate of drug-likeness (QED) is 0.234. The van der Waals surface area contributed by atoms with Crippen LogP contribution in [0.3, 0.4) is 0 Å². The molecule has 0 unspecified atom stereocenters. The number of nitrogens with zero attached hydrogens (tertiary/aromatic N) is 2. The van der Waals surface area contributed by atoms with Crippen LogP contribution in [-0.4, -0.2) is 43.7 Å². The first-order chi connectivity index (χ1) is 18.7. The molecule has 0 saturated carbocycles. The molecule has 1 heterocycles.